The Morgan fingerprint density at radius 3 is 2.53 bits per heavy atom. The molecule has 32 heavy (non-hydrogen) atoms. The fraction of sp³-hybridized carbons (Fsp3) is 0.696. The number of aliphatic hydroxyl groups excluding tert-OH is 2. The number of nitrogens with one attached hydrogen (secondary N) is 1. The Hall–Kier alpha value is -2.23. The summed E-state index contributed by atoms with van der Waals surface area (Å²) in [6, 6.07) is 0. The zero-order valence-electron chi connectivity index (χ0n) is 18.2. The van der Waals surface area contributed by atoms with Crippen LogP contribution in [0.3, 0.4) is 0 Å². The molecule has 3 heterocycles. The van der Waals surface area contributed by atoms with E-state index in [-0.39, 0.29) is 12.1 Å². The minimum Gasteiger partial charge on any atom is -0.472 e. The van der Waals surface area contributed by atoms with Crippen LogP contribution >= 0.6 is 0 Å². The number of hydrogen-bond donors (Lipinski definition) is 3. The van der Waals surface area contributed by atoms with Crippen LogP contribution in [0.2, 0.25) is 0 Å². The molecule has 0 radical (unpaired) electrons. The van der Waals surface area contributed by atoms with Crippen LogP contribution in [0.25, 0.3) is 11.2 Å². The maximum atomic E-state index is 10.2. The molecule has 4 bridgehead atoms. The molecule has 0 aromatic carbocycles. The lowest BCUT2D eigenvalue weighted by molar-refractivity contribution is -0.0432. The molecule has 172 valence electrons. The molecule has 4 saturated carbocycles. The summed E-state index contributed by atoms with van der Waals surface area (Å²) in [4.78, 5) is 14.0. The third kappa shape index (κ3) is 3.38. The second-order valence-corrected chi connectivity index (χ2v) is 10.2. The topological polar surface area (TPSA) is 115 Å². The minimum atomic E-state index is -0.731. The summed E-state index contributed by atoms with van der Waals surface area (Å²) in [5.74, 6) is 3.39. The summed E-state index contributed by atoms with van der Waals surface area (Å²) in [5, 5.41) is 23.4. The first-order chi connectivity index (χ1) is 15.6. The molecule has 9 heteroatoms. The van der Waals surface area contributed by atoms with Gasteiger partial charge in [-0.1, -0.05) is 12.7 Å². The molecular formula is C23H31N5O4. The lowest BCUT2D eigenvalue weighted by Gasteiger charge is -2.56. The van der Waals surface area contributed by atoms with Crippen molar-refractivity contribution in [3.8, 4) is 5.88 Å². The summed E-state index contributed by atoms with van der Waals surface area (Å²) in [6.07, 6.45) is 9.53. The van der Waals surface area contributed by atoms with E-state index in [0.717, 1.165) is 17.8 Å². The molecule has 7 rings (SSSR count). The Morgan fingerprint density at radius 2 is 1.91 bits per heavy atom. The fourth-order valence-electron chi connectivity index (χ4n) is 6.95. The van der Waals surface area contributed by atoms with E-state index in [1.165, 1.54) is 38.5 Å². The Balaban J connectivity index is 1.36. The Kier molecular flexibility index (Phi) is 4.89. The zero-order valence-corrected chi connectivity index (χ0v) is 18.2. The maximum absolute atomic E-state index is 10.2. The van der Waals surface area contributed by atoms with Crippen molar-refractivity contribution in [2.75, 3.05) is 18.5 Å². The summed E-state index contributed by atoms with van der Waals surface area (Å²) in [7, 11) is 0. The monoisotopic (exact) mass is 441 g/mol. The van der Waals surface area contributed by atoms with Crippen molar-refractivity contribution in [1.29, 1.82) is 0 Å². The second kappa shape index (κ2) is 7.67. The highest BCUT2D eigenvalue weighted by Crippen LogP contribution is 2.56. The van der Waals surface area contributed by atoms with Crippen molar-refractivity contribution >= 4 is 17.1 Å². The molecule has 3 atom stereocenters. The first-order valence-corrected chi connectivity index (χ1v) is 11.8. The smallest absolute Gasteiger partial charge is 0.247 e. The summed E-state index contributed by atoms with van der Waals surface area (Å²) in [5.41, 5.74) is 1.21. The van der Waals surface area contributed by atoms with Gasteiger partial charge in [0.25, 0.3) is 0 Å². The highest BCUT2D eigenvalue weighted by Gasteiger charge is 2.51. The van der Waals surface area contributed by atoms with Crippen LogP contribution in [0.1, 0.15) is 51.2 Å². The van der Waals surface area contributed by atoms with E-state index in [2.05, 4.69) is 16.9 Å². The molecule has 2 aromatic rings. The first-order valence-electron chi connectivity index (χ1n) is 11.8. The molecule has 1 aliphatic heterocycles. The van der Waals surface area contributed by atoms with Gasteiger partial charge in [0, 0.05) is 12.0 Å². The molecule has 5 fully saturated rings. The van der Waals surface area contributed by atoms with Gasteiger partial charge in [-0.3, -0.25) is 4.57 Å². The van der Waals surface area contributed by atoms with E-state index in [1.54, 1.807) is 12.4 Å². The Labute approximate surface area is 186 Å². The van der Waals surface area contributed by atoms with E-state index in [9.17, 15) is 10.2 Å². The number of nitrogens with zero attached hydrogens (tertiary/aromatic N) is 4. The van der Waals surface area contributed by atoms with Crippen LogP contribution in [0.5, 0.6) is 5.88 Å². The van der Waals surface area contributed by atoms with Gasteiger partial charge in [0.15, 0.2) is 11.2 Å². The van der Waals surface area contributed by atoms with Gasteiger partial charge < -0.3 is 25.0 Å². The van der Waals surface area contributed by atoms with Crippen LogP contribution in [0.4, 0.5) is 5.95 Å². The number of aliphatic hydroxyl groups is 2. The largest absolute Gasteiger partial charge is 0.472 e. The normalized spacial score (nSPS) is 37.8. The van der Waals surface area contributed by atoms with E-state index >= 15 is 0 Å². The van der Waals surface area contributed by atoms with Crippen LogP contribution < -0.4 is 10.1 Å². The second-order valence-electron chi connectivity index (χ2n) is 10.2. The van der Waals surface area contributed by atoms with Crippen molar-refractivity contribution in [1.82, 2.24) is 19.5 Å². The maximum Gasteiger partial charge on any atom is 0.247 e. The van der Waals surface area contributed by atoms with Crippen molar-refractivity contribution in [3.63, 3.8) is 0 Å². The Bertz CT molecular complexity index is 988. The summed E-state index contributed by atoms with van der Waals surface area (Å²) >= 11 is 0. The molecule has 3 N–H and O–H groups in total. The van der Waals surface area contributed by atoms with Gasteiger partial charge in [0.05, 0.1) is 19.0 Å². The van der Waals surface area contributed by atoms with E-state index in [4.69, 9.17) is 19.4 Å². The first kappa shape index (κ1) is 20.4. The molecule has 0 amide bonds. The number of rotatable bonds is 7. The molecular weight excluding hydrogens is 410 g/mol. The van der Waals surface area contributed by atoms with Crippen LogP contribution in [-0.2, 0) is 4.74 Å². The summed E-state index contributed by atoms with van der Waals surface area (Å²) < 4.78 is 13.5. The van der Waals surface area contributed by atoms with Crippen LogP contribution in [-0.4, -0.2) is 60.7 Å². The van der Waals surface area contributed by atoms with E-state index in [0.29, 0.717) is 36.0 Å². The number of fused-ring (bicyclic) bond motifs is 1. The number of ether oxygens (including phenoxy) is 2. The number of aromatic nitrogens is 4. The standard InChI is InChI=1S/C23H31N5O4/c1-2-3-31-21-19-20(28(12-24-19)18-7-16(30)17(11-29)32-18)25-22(26-21)27-23-8-13-4-14(9-23)6-15(5-13)10-23/h2,12-18,29-30H,1,3-11H2,(H,25,26,27)/t13?,14?,15?,16-,17+,18+,23?/m1/s1. The number of anilines is 1. The zero-order chi connectivity index (χ0) is 21.9. The highest BCUT2D eigenvalue weighted by atomic mass is 16.5. The molecule has 9 nitrogen and oxygen atoms in total. The highest BCUT2D eigenvalue weighted by molar-refractivity contribution is 5.78. The van der Waals surface area contributed by atoms with E-state index < -0.39 is 18.4 Å². The predicted octanol–water partition coefficient (Wildman–Crippen LogP) is 2.41. The average molecular weight is 442 g/mol. The van der Waals surface area contributed by atoms with E-state index in [1.807, 2.05) is 4.57 Å². The molecule has 1 saturated heterocycles. The van der Waals surface area contributed by atoms with Gasteiger partial charge in [-0.05, 0) is 56.3 Å². The molecule has 4 aliphatic carbocycles. The average Bonchev–Trinajstić information content (AvgIpc) is 3.33. The quantitative estimate of drug-likeness (QED) is 0.561. The fourth-order valence-corrected chi connectivity index (χ4v) is 6.95. The molecule has 0 spiro atoms. The van der Waals surface area contributed by atoms with Gasteiger partial charge in [-0.15, -0.1) is 0 Å². The minimum absolute atomic E-state index is 0.0605. The van der Waals surface area contributed by atoms with Gasteiger partial charge in [-0.25, -0.2) is 4.98 Å². The van der Waals surface area contributed by atoms with Gasteiger partial charge in [0.1, 0.15) is 18.9 Å². The van der Waals surface area contributed by atoms with Crippen molar-refractivity contribution < 1.29 is 19.7 Å². The van der Waals surface area contributed by atoms with Gasteiger partial charge >= 0.3 is 0 Å². The molecule has 2 aromatic heterocycles. The number of hydrogen-bond acceptors (Lipinski definition) is 8. The van der Waals surface area contributed by atoms with Gasteiger partial charge in [-0.2, -0.15) is 9.97 Å². The lowest BCUT2D eigenvalue weighted by atomic mass is 9.53. The molecule has 5 aliphatic rings. The number of imidazole rings is 1. The van der Waals surface area contributed by atoms with Crippen LogP contribution in [0.15, 0.2) is 19.0 Å². The van der Waals surface area contributed by atoms with Gasteiger partial charge in [0.2, 0.25) is 11.8 Å². The third-order valence-electron chi connectivity index (χ3n) is 7.84. The Morgan fingerprint density at radius 1 is 1.19 bits per heavy atom. The summed E-state index contributed by atoms with van der Waals surface area (Å²) in [6.45, 7) is 3.83. The van der Waals surface area contributed by atoms with Crippen molar-refractivity contribution in [3.05, 3.63) is 19.0 Å². The lowest BCUT2D eigenvalue weighted by Crippen LogP contribution is -2.55. The predicted molar refractivity (Wildman–Crippen MR) is 117 cm³/mol. The van der Waals surface area contributed by atoms with Crippen molar-refractivity contribution in [2.45, 2.75) is 68.9 Å². The molecule has 0 unspecified atom stereocenters. The van der Waals surface area contributed by atoms with Crippen molar-refractivity contribution in [2.24, 2.45) is 17.8 Å². The third-order valence-corrected chi connectivity index (χ3v) is 7.84. The SMILES string of the molecule is C=CCOc1nc(NC23CC4CC(CC(C4)C2)C3)nc2c1ncn2[C@@H]1C[C@@H](O)[C@H](CO)O1. The van der Waals surface area contributed by atoms with Crippen LogP contribution in [0, 0.1) is 17.8 Å².